The summed E-state index contributed by atoms with van der Waals surface area (Å²) in [7, 11) is 1.30. The van der Waals surface area contributed by atoms with Crippen LogP contribution in [0.3, 0.4) is 0 Å². The number of carboxylic acids is 1. The number of ether oxygens (including phenoxy) is 1. The summed E-state index contributed by atoms with van der Waals surface area (Å²) in [6, 6.07) is 2.34. The Morgan fingerprint density at radius 1 is 1.62 bits per heavy atom. The topological polar surface area (TPSA) is 89.7 Å². The Labute approximate surface area is 95.6 Å². The van der Waals surface area contributed by atoms with E-state index >= 15 is 0 Å². The van der Waals surface area contributed by atoms with Gasteiger partial charge < -0.3 is 9.84 Å². The van der Waals surface area contributed by atoms with E-state index in [9.17, 15) is 14.9 Å². The fraction of sp³-hybridized carbons (Fsp3) is 0.222. The highest BCUT2D eigenvalue weighted by atomic mass is 35.5. The van der Waals surface area contributed by atoms with Gasteiger partial charge in [-0.25, -0.2) is 0 Å². The monoisotopic (exact) mass is 245 g/mol. The second-order valence-electron chi connectivity index (χ2n) is 2.94. The van der Waals surface area contributed by atoms with Gasteiger partial charge >= 0.3 is 5.97 Å². The van der Waals surface area contributed by atoms with E-state index in [-0.39, 0.29) is 22.9 Å². The van der Waals surface area contributed by atoms with E-state index < -0.39 is 10.9 Å². The third-order valence-electron chi connectivity index (χ3n) is 1.89. The third-order valence-corrected chi connectivity index (χ3v) is 2.19. The first-order valence-electron chi connectivity index (χ1n) is 4.18. The molecule has 0 aliphatic rings. The molecule has 0 unspecified atom stereocenters. The Balaban J connectivity index is 3.26. The van der Waals surface area contributed by atoms with Gasteiger partial charge in [-0.05, 0) is 6.07 Å². The molecule has 1 aromatic rings. The van der Waals surface area contributed by atoms with Crippen molar-refractivity contribution in [2.75, 3.05) is 7.11 Å². The quantitative estimate of drug-likeness (QED) is 0.646. The molecule has 16 heavy (non-hydrogen) atoms. The lowest BCUT2D eigenvalue weighted by Crippen LogP contribution is -2.03. The number of aliphatic carboxylic acids is 1. The minimum Gasteiger partial charge on any atom is -0.496 e. The van der Waals surface area contributed by atoms with Crippen LogP contribution in [0.2, 0.25) is 5.02 Å². The Hall–Kier alpha value is -1.82. The summed E-state index contributed by atoms with van der Waals surface area (Å²) < 4.78 is 4.87. The number of benzene rings is 1. The molecule has 86 valence electrons. The Kier molecular flexibility index (Phi) is 3.68. The van der Waals surface area contributed by atoms with E-state index in [1.54, 1.807) is 0 Å². The van der Waals surface area contributed by atoms with Crippen LogP contribution in [-0.2, 0) is 11.2 Å². The molecule has 0 fully saturated rings. The van der Waals surface area contributed by atoms with E-state index in [4.69, 9.17) is 21.4 Å². The minimum atomic E-state index is -1.07. The van der Waals surface area contributed by atoms with Crippen molar-refractivity contribution in [3.05, 3.63) is 32.8 Å². The van der Waals surface area contributed by atoms with Crippen LogP contribution in [0, 0.1) is 10.1 Å². The first kappa shape index (κ1) is 12.3. The maximum absolute atomic E-state index is 10.6. The Morgan fingerprint density at radius 3 is 2.69 bits per heavy atom. The van der Waals surface area contributed by atoms with E-state index in [0.717, 1.165) is 6.07 Å². The molecule has 6 nitrogen and oxygen atoms in total. The molecule has 7 heteroatoms. The predicted octanol–water partition coefficient (Wildman–Crippen LogP) is 1.88. The number of nitrogens with zero attached hydrogens (tertiary/aromatic N) is 1. The number of hydrogen-bond donors (Lipinski definition) is 1. The highest BCUT2D eigenvalue weighted by molar-refractivity contribution is 6.32. The average Bonchev–Trinajstić information content (AvgIpc) is 2.16. The van der Waals surface area contributed by atoms with Crippen LogP contribution in [0.4, 0.5) is 5.69 Å². The molecule has 1 aromatic carbocycles. The van der Waals surface area contributed by atoms with Crippen molar-refractivity contribution < 1.29 is 19.6 Å². The number of halogens is 1. The Morgan fingerprint density at radius 2 is 2.25 bits per heavy atom. The largest absolute Gasteiger partial charge is 0.496 e. The SMILES string of the molecule is COc1cc([N+](=O)[O-])c(Cl)cc1CC(=O)O. The smallest absolute Gasteiger partial charge is 0.307 e. The first-order chi connectivity index (χ1) is 7.45. The van der Waals surface area contributed by atoms with Crippen molar-refractivity contribution >= 4 is 23.3 Å². The molecule has 0 bridgehead atoms. The van der Waals surface area contributed by atoms with Gasteiger partial charge in [-0.2, -0.15) is 0 Å². The van der Waals surface area contributed by atoms with E-state index in [2.05, 4.69) is 0 Å². The van der Waals surface area contributed by atoms with Gasteiger partial charge in [0, 0.05) is 5.56 Å². The third kappa shape index (κ3) is 2.60. The molecule has 0 radical (unpaired) electrons. The van der Waals surface area contributed by atoms with Crippen molar-refractivity contribution in [3.8, 4) is 5.75 Å². The van der Waals surface area contributed by atoms with Crippen LogP contribution in [0.5, 0.6) is 5.75 Å². The molecule has 0 aliphatic carbocycles. The summed E-state index contributed by atoms with van der Waals surface area (Å²) in [6.45, 7) is 0. The fourth-order valence-electron chi connectivity index (χ4n) is 1.21. The zero-order valence-electron chi connectivity index (χ0n) is 8.27. The molecule has 1 rings (SSSR count). The predicted molar refractivity (Wildman–Crippen MR) is 56.0 cm³/mol. The van der Waals surface area contributed by atoms with Crippen LogP contribution < -0.4 is 4.74 Å². The number of carboxylic acid groups (broad SMARTS) is 1. The van der Waals surface area contributed by atoms with Gasteiger partial charge in [-0.15, -0.1) is 0 Å². The summed E-state index contributed by atoms with van der Waals surface area (Å²) in [5, 5.41) is 19.1. The minimum absolute atomic E-state index is 0.109. The van der Waals surface area contributed by atoms with Crippen molar-refractivity contribution in [3.63, 3.8) is 0 Å². The average molecular weight is 246 g/mol. The molecule has 0 heterocycles. The Bertz CT molecular complexity index is 446. The molecule has 1 N–H and O–H groups in total. The van der Waals surface area contributed by atoms with Crippen LogP contribution in [-0.4, -0.2) is 23.1 Å². The van der Waals surface area contributed by atoms with E-state index in [1.165, 1.54) is 13.2 Å². The van der Waals surface area contributed by atoms with Gasteiger partial charge in [0.1, 0.15) is 10.8 Å². The van der Waals surface area contributed by atoms with Crippen LogP contribution >= 0.6 is 11.6 Å². The normalized spacial score (nSPS) is 9.88. The number of rotatable bonds is 4. The highest BCUT2D eigenvalue weighted by Crippen LogP contribution is 2.32. The molecular weight excluding hydrogens is 238 g/mol. The van der Waals surface area contributed by atoms with Gasteiger partial charge in [-0.1, -0.05) is 11.6 Å². The van der Waals surface area contributed by atoms with Crippen molar-refractivity contribution in [2.24, 2.45) is 0 Å². The van der Waals surface area contributed by atoms with E-state index in [1.807, 2.05) is 0 Å². The molecular formula is C9H8ClNO5. The molecule has 0 atom stereocenters. The summed E-state index contributed by atoms with van der Waals surface area (Å²) in [5.41, 5.74) is -0.0155. The summed E-state index contributed by atoms with van der Waals surface area (Å²) in [6.07, 6.45) is -0.305. The maximum Gasteiger partial charge on any atom is 0.307 e. The number of carbonyl (C=O) groups is 1. The number of methoxy groups -OCH3 is 1. The van der Waals surface area contributed by atoms with Gasteiger partial charge in [-0.3, -0.25) is 14.9 Å². The van der Waals surface area contributed by atoms with Gasteiger partial charge in [0.15, 0.2) is 0 Å². The summed E-state index contributed by atoms with van der Waals surface area (Å²) >= 11 is 5.65. The van der Waals surface area contributed by atoms with Gasteiger partial charge in [0.25, 0.3) is 5.69 Å². The van der Waals surface area contributed by atoms with Crippen molar-refractivity contribution in [2.45, 2.75) is 6.42 Å². The number of nitro benzene ring substituents is 1. The highest BCUT2D eigenvalue weighted by Gasteiger charge is 2.18. The second-order valence-corrected chi connectivity index (χ2v) is 3.35. The molecule has 0 spiro atoms. The molecule has 0 saturated carbocycles. The zero-order valence-corrected chi connectivity index (χ0v) is 9.02. The second kappa shape index (κ2) is 4.80. The fourth-order valence-corrected chi connectivity index (χ4v) is 1.47. The molecule has 0 saturated heterocycles. The van der Waals surface area contributed by atoms with Crippen LogP contribution in [0.1, 0.15) is 5.56 Å². The van der Waals surface area contributed by atoms with Gasteiger partial charge in [0.2, 0.25) is 0 Å². The van der Waals surface area contributed by atoms with E-state index in [0.29, 0.717) is 5.56 Å². The molecule has 0 aliphatic heterocycles. The molecule has 0 amide bonds. The van der Waals surface area contributed by atoms with Crippen molar-refractivity contribution in [1.29, 1.82) is 0 Å². The lowest BCUT2D eigenvalue weighted by Gasteiger charge is -2.07. The van der Waals surface area contributed by atoms with Crippen molar-refractivity contribution in [1.82, 2.24) is 0 Å². The van der Waals surface area contributed by atoms with Crippen LogP contribution in [0.25, 0.3) is 0 Å². The number of nitro groups is 1. The standard InChI is InChI=1S/C9H8ClNO5/c1-16-8-4-7(11(14)15)6(10)2-5(8)3-9(12)13/h2,4H,3H2,1H3,(H,12,13). The van der Waals surface area contributed by atoms with Crippen LogP contribution in [0.15, 0.2) is 12.1 Å². The lowest BCUT2D eigenvalue weighted by molar-refractivity contribution is -0.384. The zero-order chi connectivity index (χ0) is 12.3. The first-order valence-corrected chi connectivity index (χ1v) is 4.56. The lowest BCUT2D eigenvalue weighted by atomic mass is 10.1. The molecule has 0 aromatic heterocycles. The summed E-state index contributed by atoms with van der Waals surface area (Å²) in [5.74, 6) is -0.929. The number of hydrogen-bond acceptors (Lipinski definition) is 4. The van der Waals surface area contributed by atoms with Gasteiger partial charge in [0.05, 0.1) is 24.5 Å². The maximum atomic E-state index is 10.6. The summed E-state index contributed by atoms with van der Waals surface area (Å²) in [4.78, 5) is 20.4.